The van der Waals surface area contributed by atoms with Gasteiger partial charge in [0.25, 0.3) is 0 Å². The van der Waals surface area contributed by atoms with E-state index in [9.17, 15) is 9.59 Å². The summed E-state index contributed by atoms with van der Waals surface area (Å²) in [5, 5.41) is 5.85. The van der Waals surface area contributed by atoms with Crippen molar-refractivity contribution in [2.45, 2.75) is 12.5 Å². The molecule has 0 spiro atoms. The summed E-state index contributed by atoms with van der Waals surface area (Å²) >= 11 is 7.18. The highest BCUT2D eigenvalue weighted by molar-refractivity contribution is 9.10. The van der Waals surface area contributed by atoms with Gasteiger partial charge in [0.05, 0.1) is 0 Å². The third kappa shape index (κ3) is 8.07. The normalized spacial score (nSPS) is 13.2. The van der Waals surface area contributed by atoms with E-state index in [1.807, 2.05) is 72.8 Å². The summed E-state index contributed by atoms with van der Waals surface area (Å²) < 4.78 is 12.7. The molecule has 42 heavy (non-hydrogen) atoms. The largest absolute Gasteiger partial charge is 0.434 e. The molecular weight excluding hydrogens is 664 g/mol. The quantitative estimate of drug-likeness (QED) is 0.123. The van der Waals surface area contributed by atoms with Crippen LogP contribution in [0.5, 0.6) is 0 Å². The van der Waals surface area contributed by atoms with Gasteiger partial charge < -0.3 is 9.47 Å². The van der Waals surface area contributed by atoms with Crippen molar-refractivity contribution in [2.75, 3.05) is 14.1 Å². The molecule has 2 aromatic heterocycles. The lowest BCUT2D eigenvalue weighted by atomic mass is 9.98. The third-order valence-electron chi connectivity index (χ3n) is 6.11. The zero-order chi connectivity index (χ0) is 29.9. The van der Waals surface area contributed by atoms with E-state index in [4.69, 9.17) is 9.47 Å². The Morgan fingerprint density at radius 3 is 1.40 bits per heavy atom. The molecule has 8 nitrogen and oxygen atoms in total. The lowest BCUT2D eigenvalue weighted by Crippen LogP contribution is -2.37. The van der Waals surface area contributed by atoms with Gasteiger partial charge in [-0.3, -0.25) is 20.6 Å². The Hall–Kier alpha value is -3.96. The molecule has 0 saturated heterocycles. The smallest absolute Gasteiger partial charge is 0.419 e. The first-order valence-corrected chi connectivity index (χ1v) is 14.5. The maximum atomic E-state index is 12.9. The van der Waals surface area contributed by atoms with Crippen LogP contribution in [0.1, 0.15) is 22.3 Å². The number of hydrogen-bond acceptors (Lipinski definition) is 8. The van der Waals surface area contributed by atoms with Crippen molar-refractivity contribution >= 4 is 54.9 Å². The van der Waals surface area contributed by atoms with Gasteiger partial charge in [-0.2, -0.15) is 0 Å². The van der Waals surface area contributed by atoms with E-state index in [-0.39, 0.29) is 0 Å². The molecule has 2 aromatic carbocycles. The molecule has 0 radical (unpaired) electrons. The number of hydrogen-bond donors (Lipinski definition) is 2. The summed E-state index contributed by atoms with van der Waals surface area (Å²) in [6.07, 6.45) is 8.32. The van der Waals surface area contributed by atoms with Gasteiger partial charge in [0.1, 0.15) is 0 Å². The highest BCUT2D eigenvalue weighted by Gasteiger charge is 2.25. The van der Waals surface area contributed by atoms with Crippen LogP contribution in [-0.2, 0) is 19.1 Å². The van der Waals surface area contributed by atoms with Crippen LogP contribution in [0.3, 0.4) is 0 Å². The monoisotopic (exact) mass is 690 g/mol. The molecule has 0 amide bonds. The van der Waals surface area contributed by atoms with Crippen LogP contribution in [0.15, 0.2) is 119 Å². The molecule has 0 fully saturated rings. The Morgan fingerprint density at radius 1 is 0.667 bits per heavy atom. The van der Waals surface area contributed by atoms with Gasteiger partial charge in [-0.25, -0.2) is 9.59 Å². The molecule has 0 aliphatic heterocycles. The van der Waals surface area contributed by atoms with Crippen LogP contribution >= 0.6 is 31.9 Å². The molecular formula is C32H28Br2N4O4. The minimum Gasteiger partial charge on any atom is -0.434 e. The van der Waals surface area contributed by atoms with Crippen LogP contribution in [0.2, 0.25) is 0 Å². The van der Waals surface area contributed by atoms with Gasteiger partial charge in [-0.1, -0.05) is 80.4 Å². The fourth-order valence-corrected chi connectivity index (χ4v) is 5.07. The van der Waals surface area contributed by atoms with Crippen molar-refractivity contribution in [3.63, 3.8) is 0 Å². The van der Waals surface area contributed by atoms with Crippen LogP contribution in [0.4, 0.5) is 0 Å². The van der Waals surface area contributed by atoms with Gasteiger partial charge in [-0.05, 0) is 72.8 Å². The maximum Gasteiger partial charge on any atom is 0.419 e. The molecule has 214 valence electrons. The van der Waals surface area contributed by atoms with E-state index in [2.05, 4.69) is 52.5 Å². The number of rotatable bonds is 10. The Kier molecular flexibility index (Phi) is 11.3. The second kappa shape index (κ2) is 15.3. The SMILES string of the molecule is CNC(/C=C(/c1cccnc1)c1ccccc1Br)OC(=O)C(=O)OC(/C=C(/c1cccnc1)c1ccccc1Br)NC. The first kappa shape index (κ1) is 31.0. The standard InChI is InChI=1S/C32H28Br2N4O4/c1-35-29(17-25(21-9-7-15-37-19-21)23-11-3-5-13-27(23)33)41-31(39)32(40)42-30(36-2)18-26(22-10-8-16-38-20-22)24-12-4-6-14-28(24)34/h3-20,29-30,35-36H,1-2H3/b25-17-,26-18-. The van der Waals surface area contributed by atoms with E-state index in [0.29, 0.717) is 0 Å². The van der Waals surface area contributed by atoms with Crippen LogP contribution in [-0.4, -0.2) is 48.5 Å². The number of benzene rings is 2. The van der Waals surface area contributed by atoms with Crippen molar-refractivity contribution in [3.05, 3.63) is 141 Å². The first-order chi connectivity index (χ1) is 20.4. The number of aromatic nitrogens is 2. The molecule has 4 aromatic rings. The molecule has 4 rings (SSSR count). The third-order valence-corrected chi connectivity index (χ3v) is 7.50. The fourth-order valence-electron chi connectivity index (χ4n) is 4.07. The number of esters is 2. The maximum absolute atomic E-state index is 12.9. The van der Waals surface area contributed by atoms with Crippen molar-refractivity contribution in [1.82, 2.24) is 20.6 Å². The fraction of sp³-hybridized carbons (Fsp3) is 0.125. The molecule has 0 saturated carbocycles. The summed E-state index contributed by atoms with van der Waals surface area (Å²) in [7, 11) is 3.25. The second-order valence-corrected chi connectivity index (χ2v) is 10.5. The molecule has 0 bridgehead atoms. The summed E-state index contributed by atoms with van der Waals surface area (Å²) in [6.45, 7) is 0. The van der Waals surface area contributed by atoms with E-state index < -0.39 is 24.4 Å². The van der Waals surface area contributed by atoms with E-state index in [1.54, 1.807) is 51.0 Å². The van der Waals surface area contributed by atoms with Crippen molar-refractivity contribution < 1.29 is 19.1 Å². The molecule has 2 heterocycles. The van der Waals surface area contributed by atoms with Gasteiger partial charge >= 0.3 is 11.9 Å². The van der Waals surface area contributed by atoms with Crippen molar-refractivity contribution in [2.24, 2.45) is 0 Å². The van der Waals surface area contributed by atoms with Gasteiger partial charge in [0, 0.05) is 44.9 Å². The van der Waals surface area contributed by atoms with Crippen molar-refractivity contribution in [3.8, 4) is 0 Å². The Morgan fingerprint density at radius 2 is 1.07 bits per heavy atom. The van der Waals surface area contributed by atoms with Crippen LogP contribution < -0.4 is 10.6 Å². The summed E-state index contributed by atoms with van der Waals surface area (Å²) in [4.78, 5) is 34.3. The van der Waals surface area contributed by atoms with Crippen LogP contribution in [0, 0.1) is 0 Å². The molecule has 0 aliphatic carbocycles. The number of pyridine rings is 2. The number of ether oxygens (including phenoxy) is 2. The lowest BCUT2D eigenvalue weighted by Gasteiger charge is -2.19. The highest BCUT2D eigenvalue weighted by atomic mass is 79.9. The highest BCUT2D eigenvalue weighted by Crippen LogP contribution is 2.31. The Balaban J connectivity index is 1.57. The number of nitrogens with one attached hydrogen (secondary N) is 2. The number of halogens is 2. The number of carbonyl (C=O) groups is 2. The molecule has 2 N–H and O–H groups in total. The predicted molar refractivity (Wildman–Crippen MR) is 169 cm³/mol. The van der Waals surface area contributed by atoms with Gasteiger partial charge in [-0.15, -0.1) is 0 Å². The number of likely N-dealkylation sites (N-methyl/N-ethyl adjacent to an activating group) is 2. The Labute approximate surface area is 261 Å². The van der Waals surface area contributed by atoms with Crippen LogP contribution in [0.25, 0.3) is 11.1 Å². The van der Waals surface area contributed by atoms with Gasteiger partial charge in [0.15, 0.2) is 12.5 Å². The molecule has 10 heteroatoms. The first-order valence-electron chi connectivity index (χ1n) is 12.9. The summed E-state index contributed by atoms with van der Waals surface area (Å²) in [5.74, 6) is -2.30. The predicted octanol–water partition coefficient (Wildman–Crippen LogP) is 5.74. The van der Waals surface area contributed by atoms with Gasteiger partial charge in [0.2, 0.25) is 0 Å². The average molecular weight is 692 g/mol. The topological polar surface area (TPSA) is 102 Å². The average Bonchev–Trinajstić information content (AvgIpc) is 3.02. The van der Waals surface area contributed by atoms with E-state index >= 15 is 0 Å². The van der Waals surface area contributed by atoms with Crippen molar-refractivity contribution in [1.29, 1.82) is 0 Å². The minimum absolute atomic E-state index is 0.752. The van der Waals surface area contributed by atoms with E-state index in [0.717, 1.165) is 42.3 Å². The zero-order valence-electron chi connectivity index (χ0n) is 22.8. The lowest BCUT2D eigenvalue weighted by molar-refractivity contribution is -0.172. The molecule has 2 unspecified atom stereocenters. The zero-order valence-corrected chi connectivity index (χ0v) is 26.0. The number of nitrogens with zero attached hydrogens (tertiary/aromatic N) is 2. The molecule has 0 aliphatic rings. The number of carbonyl (C=O) groups excluding carboxylic acids is 2. The minimum atomic E-state index is -1.15. The molecule has 2 atom stereocenters. The summed E-state index contributed by atoms with van der Waals surface area (Å²) in [6, 6.07) is 22.7. The second-order valence-electron chi connectivity index (χ2n) is 8.83. The Bertz CT molecular complexity index is 1460. The van der Waals surface area contributed by atoms with E-state index in [1.165, 1.54) is 0 Å². The summed E-state index contributed by atoms with van der Waals surface area (Å²) in [5.41, 5.74) is 4.83.